The number of hydrogen-bond donors (Lipinski definition) is 2. The number of imidazole rings is 1. The molecule has 0 spiro atoms. The minimum absolute atomic E-state index is 0.00412. The van der Waals surface area contributed by atoms with Crippen LogP contribution in [0.1, 0.15) is 56.0 Å². The van der Waals surface area contributed by atoms with Crippen molar-refractivity contribution in [1.29, 1.82) is 5.26 Å². The highest BCUT2D eigenvalue weighted by Crippen LogP contribution is 2.26. The molecular weight excluding hydrogens is 558 g/mol. The number of nitrogens with one attached hydrogen (secondary N) is 2. The van der Waals surface area contributed by atoms with Crippen LogP contribution in [0.15, 0.2) is 81.6 Å². The molecular formula is C33H37N7O2S. The molecule has 9 nitrogen and oxygen atoms in total. The van der Waals surface area contributed by atoms with Gasteiger partial charge in [0.15, 0.2) is 11.0 Å². The van der Waals surface area contributed by atoms with Gasteiger partial charge in [0.1, 0.15) is 23.1 Å². The number of benzene rings is 1. The van der Waals surface area contributed by atoms with Gasteiger partial charge in [-0.05, 0) is 61.9 Å². The number of aromatic nitrogens is 4. The third kappa shape index (κ3) is 7.54. The second-order valence-corrected chi connectivity index (χ2v) is 11.7. The molecule has 5 rings (SSSR count). The molecule has 0 radical (unpaired) electrons. The Morgan fingerprint density at radius 1 is 1.23 bits per heavy atom. The molecule has 2 aliphatic rings. The Kier molecular flexibility index (Phi) is 10.3. The number of allylic oxidation sites excluding steroid dienone is 4. The van der Waals surface area contributed by atoms with Crippen molar-refractivity contribution in [2.24, 2.45) is 10.9 Å². The third-order valence-electron chi connectivity index (χ3n) is 7.68. The van der Waals surface area contributed by atoms with Crippen molar-refractivity contribution in [3.8, 4) is 23.1 Å². The molecule has 1 aliphatic heterocycles. The van der Waals surface area contributed by atoms with Crippen LogP contribution in [-0.4, -0.2) is 44.8 Å². The molecule has 0 bridgehead atoms. The molecule has 0 fully saturated rings. The third-order valence-corrected chi connectivity index (χ3v) is 8.64. The zero-order valence-corrected chi connectivity index (χ0v) is 25.5. The van der Waals surface area contributed by atoms with E-state index in [1.165, 1.54) is 23.0 Å². The molecule has 0 saturated carbocycles. The first-order valence-corrected chi connectivity index (χ1v) is 15.7. The van der Waals surface area contributed by atoms with E-state index in [-0.39, 0.29) is 5.56 Å². The van der Waals surface area contributed by atoms with Crippen molar-refractivity contribution < 1.29 is 4.74 Å². The number of thioether (sulfide) groups is 1. The number of rotatable bonds is 11. The highest BCUT2D eigenvalue weighted by atomic mass is 32.2. The van der Waals surface area contributed by atoms with Crippen LogP contribution in [0.2, 0.25) is 0 Å². The molecule has 3 heterocycles. The molecule has 1 aliphatic carbocycles. The van der Waals surface area contributed by atoms with Gasteiger partial charge in [-0.15, -0.1) is 0 Å². The molecule has 2 N–H and O–H groups in total. The number of aromatic amines is 1. The van der Waals surface area contributed by atoms with Crippen molar-refractivity contribution >= 4 is 17.6 Å². The van der Waals surface area contributed by atoms with Crippen LogP contribution in [-0.2, 0) is 13.0 Å². The van der Waals surface area contributed by atoms with E-state index in [2.05, 4.69) is 51.1 Å². The monoisotopic (exact) mass is 595 g/mol. The van der Waals surface area contributed by atoms with Gasteiger partial charge in [-0.2, -0.15) is 5.26 Å². The quantitative estimate of drug-likeness (QED) is 0.163. The summed E-state index contributed by atoms with van der Waals surface area (Å²) in [5.41, 5.74) is 4.14. The van der Waals surface area contributed by atoms with Crippen LogP contribution in [0.25, 0.3) is 11.3 Å². The van der Waals surface area contributed by atoms with E-state index in [9.17, 15) is 10.1 Å². The van der Waals surface area contributed by atoms with E-state index in [0.29, 0.717) is 34.6 Å². The van der Waals surface area contributed by atoms with Gasteiger partial charge in [-0.1, -0.05) is 61.5 Å². The minimum atomic E-state index is -0.427. The molecule has 0 saturated heterocycles. The first-order valence-electron chi connectivity index (χ1n) is 14.7. The van der Waals surface area contributed by atoms with Gasteiger partial charge >= 0.3 is 0 Å². The van der Waals surface area contributed by atoms with E-state index in [1.807, 2.05) is 36.8 Å². The first-order chi connectivity index (χ1) is 21.1. The van der Waals surface area contributed by atoms with Gasteiger partial charge < -0.3 is 19.6 Å². The number of unbranched alkanes of at least 4 members (excludes halogenated alkanes) is 2. The lowest BCUT2D eigenvalue weighted by Gasteiger charge is -2.17. The standard InChI is InChI=1S/C33H37N7O2S/c1-23-11-4-5-12-25(23)21-36-31-30-28(15-6-7-16-35-31)40(22-37-30)17-8-3-9-18-43-33-38-29(27(20-34)32(41)39-33)24-13-10-14-26(19-24)42-2/h4-5,7,10,12-14,16,19,22-23H,3,6,8-9,11,15,17-18,21H2,1-2H3,(H,35,36)(H,38,39,41)/b16-7-. The van der Waals surface area contributed by atoms with Gasteiger partial charge in [0, 0.05) is 23.6 Å². The summed E-state index contributed by atoms with van der Waals surface area (Å²) in [6.07, 6.45) is 18.6. The van der Waals surface area contributed by atoms with Crippen LogP contribution in [0.5, 0.6) is 5.75 Å². The predicted octanol–water partition coefficient (Wildman–Crippen LogP) is 5.79. The maximum Gasteiger partial charge on any atom is 0.270 e. The summed E-state index contributed by atoms with van der Waals surface area (Å²) in [5.74, 6) is 2.80. The van der Waals surface area contributed by atoms with Gasteiger partial charge in [0.05, 0.1) is 25.7 Å². The van der Waals surface area contributed by atoms with E-state index in [0.717, 1.165) is 62.4 Å². The van der Waals surface area contributed by atoms with E-state index in [1.54, 1.807) is 13.2 Å². The van der Waals surface area contributed by atoms with Crippen LogP contribution < -0.4 is 15.6 Å². The molecule has 2 aromatic heterocycles. The van der Waals surface area contributed by atoms with Crippen molar-refractivity contribution in [2.75, 3.05) is 19.4 Å². The van der Waals surface area contributed by atoms with Crippen LogP contribution >= 0.6 is 11.8 Å². The summed E-state index contributed by atoms with van der Waals surface area (Å²) < 4.78 is 7.57. The number of aryl methyl sites for hydroxylation is 1. The molecule has 0 amide bonds. The SMILES string of the molecule is COc1cccc(-c2nc(SCCCCCn3cnc4c3CC/C=C\NC4=NCC3=CC=CCC3C)[nH]c(=O)c2C#N)c1. The molecule has 43 heavy (non-hydrogen) atoms. The summed E-state index contributed by atoms with van der Waals surface area (Å²) >= 11 is 1.50. The fourth-order valence-corrected chi connectivity index (χ4v) is 6.06. The average Bonchev–Trinajstić information content (AvgIpc) is 3.40. The number of nitrogens with zero attached hydrogens (tertiary/aromatic N) is 5. The minimum Gasteiger partial charge on any atom is -0.497 e. The molecule has 1 unspecified atom stereocenters. The number of ether oxygens (including phenoxy) is 1. The number of nitriles is 1. The lowest BCUT2D eigenvalue weighted by molar-refractivity contribution is 0.415. The van der Waals surface area contributed by atoms with E-state index >= 15 is 0 Å². The maximum atomic E-state index is 12.6. The zero-order valence-electron chi connectivity index (χ0n) is 24.7. The molecule has 1 atom stereocenters. The molecule has 222 valence electrons. The number of fused-ring (bicyclic) bond motifs is 1. The fourth-order valence-electron chi connectivity index (χ4n) is 5.19. The van der Waals surface area contributed by atoms with Gasteiger partial charge in [0.25, 0.3) is 5.56 Å². The summed E-state index contributed by atoms with van der Waals surface area (Å²) in [5, 5.41) is 13.4. The Hall–Kier alpha value is -4.36. The Labute approximate surface area is 256 Å². The maximum absolute atomic E-state index is 12.6. The van der Waals surface area contributed by atoms with Crippen molar-refractivity contribution in [3.63, 3.8) is 0 Å². The zero-order chi connectivity index (χ0) is 30.0. The summed E-state index contributed by atoms with van der Waals surface area (Å²) in [7, 11) is 1.58. The Morgan fingerprint density at radius 3 is 2.98 bits per heavy atom. The second kappa shape index (κ2) is 14.7. The number of methoxy groups -OCH3 is 1. The van der Waals surface area contributed by atoms with Crippen LogP contribution in [0.3, 0.4) is 0 Å². The number of aliphatic imine (C=N–C) groups is 1. The first kappa shape index (κ1) is 30.1. The number of H-pyrrole nitrogens is 1. The van der Waals surface area contributed by atoms with Gasteiger partial charge in [0.2, 0.25) is 0 Å². The summed E-state index contributed by atoms with van der Waals surface area (Å²) in [6, 6.07) is 9.24. The lowest BCUT2D eigenvalue weighted by Crippen LogP contribution is -2.24. The van der Waals surface area contributed by atoms with Crippen LogP contribution in [0.4, 0.5) is 0 Å². The Bertz CT molecular complexity index is 1660. The summed E-state index contributed by atoms with van der Waals surface area (Å²) in [6.45, 7) is 3.81. The fraction of sp³-hybridized carbons (Fsp3) is 0.364. The number of hydrogen-bond acceptors (Lipinski definition) is 7. The normalized spacial score (nSPS) is 17.7. The molecule has 3 aromatic rings. The van der Waals surface area contributed by atoms with Gasteiger partial charge in [-0.3, -0.25) is 9.79 Å². The highest BCUT2D eigenvalue weighted by Gasteiger charge is 2.18. The highest BCUT2D eigenvalue weighted by molar-refractivity contribution is 7.99. The van der Waals surface area contributed by atoms with Crippen molar-refractivity contribution in [3.05, 3.63) is 94.0 Å². The van der Waals surface area contributed by atoms with Gasteiger partial charge in [-0.25, -0.2) is 9.97 Å². The van der Waals surface area contributed by atoms with E-state index < -0.39 is 5.56 Å². The largest absolute Gasteiger partial charge is 0.497 e. The topological polar surface area (TPSA) is 121 Å². The molecule has 1 aromatic carbocycles. The number of amidine groups is 1. The van der Waals surface area contributed by atoms with Crippen molar-refractivity contribution in [2.45, 2.75) is 57.1 Å². The van der Waals surface area contributed by atoms with Crippen molar-refractivity contribution in [1.82, 2.24) is 24.8 Å². The molecule has 10 heteroatoms. The Balaban J connectivity index is 1.17. The lowest BCUT2D eigenvalue weighted by atomic mass is 9.93. The predicted molar refractivity (Wildman–Crippen MR) is 171 cm³/mol. The summed E-state index contributed by atoms with van der Waals surface area (Å²) in [4.78, 5) is 29.7. The Morgan fingerprint density at radius 2 is 2.14 bits per heavy atom. The van der Waals surface area contributed by atoms with E-state index in [4.69, 9.17) is 14.7 Å². The second-order valence-electron chi connectivity index (χ2n) is 10.6. The van der Waals surface area contributed by atoms with Crippen LogP contribution in [0, 0.1) is 17.2 Å². The smallest absolute Gasteiger partial charge is 0.270 e. The average molecular weight is 596 g/mol.